The molecule has 0 bridgehead atoms. The molecule has 6 aromatic carbocycles. The molecular weight excluding hydrogens is 829 g/mol. The van der Waals surface area contributed by atoms with Gasteiger partial charge in [0.05, 0.1) is 55.7 Å². The van der Waals surface area contributed by atoms with E-state index in [4.69, 9.17) is 0 Å². The van der Waals surface area contributed by atoms with Crippen LogP contribution in [0.4, 0.5) is 0 Å². The third kappa shape index (κ3) is 6.46. The summed E-state index contributed by atoms with van der Waals surface area (Å²) in [7, 11) is 0. The summed E-state index contributed by atoms with van der Waals surface area (Å²) in [5.41, 5.74) is 8.24. The van der Waals surface area contributed by atoms with E-state index in [9.17, 15) is 9.59 Å². The first kappa shape index (κ1) is 44.1. The second-order valence-corrected chi connectivity index (χ2v) is 23.4. The van der Waals surface area contributed by atoms with Gasteiger partial charge in [-0.2, -0.15) is 0 Å². The Hall–Kier alpha value is -6.80. The molecule has 4 amide bonds. The van der Waals surface area contributed by atoms with Crippen molar-refractivity contribution in [3.8, 4) is 11.4 Å². The topological polar surface area (TPSA) is 84.6 Å². The molecule has 8 aromatic rings. The molecule has 0 radical (unpaired) electrons. The van der Waals surface area contributed by atoms with Crippen molar-refractivity contribution < 1.29 is 19.2 Å². The fourth-order valence-corrected chi connectivity index (χ4v) is 10.4. The average Bonchev–Trinajstić information content (AvgIpc) is 3.92. The summed E-state index contributed by atoms with van der Waals surface area (Å²) in [5.74, 6) is -2.28. The third-order valence-corrected chi connectivity index (χ3v) is 14.4. The number of hydrogen-bond donors (Lipinski definition) is 0. The molecule has 2 aromatic heterocycles. The number of fused-ring (bicyclic) bond motifs is 8. The van der Waals surface area contributed by atoms with E-state index in [0.29, 0.717) is 11.4 Å². The first-order chi connectivity index (χ1) is 31.2. The summed E-state index contributed by atoms with van der Waals surface area (Å²) < 4.78 is 4.16. The van der Waals surface area contributed by atoms with Gasteiger partial charge in [-0.15, -0.1) is 0 Å². The number of nitrogens with zero attached hydrogens (tertiary/aromatic N) is 4. The Bertz CT molecular complexity index is 3140. The molecule has 0 aliphatic carbocycles. The number of rotatable bonds is 4. The minimum atomic E-state index is -1.71. The number of aromatic nitrogens is 2. The van der Waals surface area contributed by atoms with Gasteiger partial charge in [-0.25, -0.2) is 0 Å². The highest BCUT2D eigenvalue weighted by molar-refractivity contribution is 6.27. The molecule has 10 rings (SSSR count). The number of amides is 4. The van der Waals surface area contributed by atoms with Crippen LogP contribution in [-0.4, -0.2) is 48.2 Å². The standard InChI is InChI=1S/C59H60N4O4/c1-55(2,3)33-21-25-43-39(29-33)40-30-34(56(4,5)6)22-26-44(40)60(43)47-19-15-17-37-49(47)53(66)62(51(37)64)59(13,14)63-52(65)38-18-16-20-48(50(38)54(63)67)61-45-27-23-35(57(7,8)9)31-41(45)42-32-36(58(10,11)12)24-28-46(42)61/h15-32H,1-14H3. The van der Waals surface area contributed by atoms with E-state index >= 15 is 9.59 Å². The summed E-state index contributed by atoms with van der Waals surface area (Å²) >= 11 is 0. The fourth-order valence-electron chi connectivity index (χ4n) is 10.4. The highest BCUT2D eigenvalue weighted by Gasteiger charge is 2.55. The maximum atomic E-state index is 15.2. The zero-order chi connectivity index (χ0) is 48.2. The van der Waals surface area contributed by atoms with Crippen LogP contribution >= 0.6 is 0 Å². The largest absolute Gasteiger partial charge is 0.308 e. The number of carbonyl (C=O) groups excluding carboxylic acids is 4. The third-order valence-electron chi connectivity index (χ3n) is 14.4. The summed E-state index contributed by atoms with van der Waals surface area (Å²) in [4.78, 5) is 62.4. The smallest absolute Gasteiger partial charge is 0.265 e. The van der Waals surface area contributed by atoms with Crippen LogP contribution < -0.4 is 0 Å². The molecule has 2 aliphatic heterocycles. The highest BCUT2D eigenvalue weighted by Crippen LogP contribution is 2.45. The van der Waals surface area contributed by atoms with E-state index in [2.05, 4.69) is 165 Å². The van der Waals surface area contributed by atoms with Crippen LogP contribution in [0.3, 0.4) is 0 Å². The average molecular weight is 889 g/mol. The van der Waals surface area contributed by atoms with E-state index < -0.39 is 29.3 Å². The van der Waals surface area contributed by atoms with Gasteiger partial charge in [0.1, 0.15) is 5.66 Å². The zero-order valence-corrected chi connectivity index (χ0v) is 41.3. The van der Waals surface area contributed by atoms with Crippen molar-refractivity contribution in [2.45, 2.75) is 124 Å². The van der Waals surface area contributed by atoms with Crippen LogP contribution in [0.1, 0.15) is 161 Å². The number of hydrogen-bond acceptors (Lipinski definition) is 4. The minimum Gasteiger partial charge on any atom is -0.308 e. The summed E-state index contributed by atoms with van der Waals surface area (Å²) in [5, 5.41) is 4.20. The molecule has 0 N–H and O–H groups in total. The van der Waals surface area contributed by atoms with Crippen LogP contribution in [0.15, 0.2) is 109 Å². The Labute approximate surface area is 393 Å². The summed E-state index contributed by atoms with van der Waals surface area (Å²) in [6.07, 6.45) is 0. The molecule has 0 spiro atoms. The Morgan fingerprint density at radius 1 is 0.328 bits per heavy atom. The Morgan fingerprint density at radius 2 is 0.597 bits per heavy atom. The van der Waals surface area contributed by atoms with Gasteiger partial charge in [0.15, 0.2) is 0 Å². The predicted molar refractivity (Wildman–Crippen MR) is 271 cm³/mol. The van der Waals surface area contributed by atoms with Crippen LogP contribution in [0.5, 0.6) is 0 Å². The molecule has 0 fully saturated rings. The maximum absolute atomic E-state index is 15.2. The van der Waals surface area contributed by atoms with E-state index in [1.807, 2.05) is 12.1 Å². The quantitative estimate of drug-likeness (QED) is 0.165. The lowest BCUT2D eigenvalue weighted by atomic mass is 9.85. The fraction of sp³-hybridized carbons (Fsp3) is 0.322. The predicted octanol–water partition coefficient (Wildman–Crippen LogP) is 13.7. The lowest BCUT2D eigenvalue weighted by Gasteiger charge is -2.40. The second kappa shape index (κ2) is 14.1. The normalized spacial score (nSPS) is 15.1. The summed E-state index contributed by atoms with van der Waals surface area (Å²) in [6.45, 7) is 29.6. The minimum absolute atomic E-state index is 0.104. The Balaban J connectivity index is 1.10. The van der Waals surface area contributed by atoms with Gasteiger partial charge in [-0.1, -0.05) is 119 Å². The molecule has 2 aliphatic rings. The van der Waals surface area contributed by atoms with Gasteiger partial charge in [-0.05, 0) is 131 Å². The molecule has 340 valence electrons. The molecule has 8 nitrogen and oxygen atoms in total. The van der Waals surface area contributed by atoms with Crippen molar-refractivity contribution in [3.63, 3.8) is 0 Å². The molecule has 0 saturated heterocycles. The van der Waals surface area contributed by atoms with Gasteiger partial charge in [0, 0.05) is 21.5 Å². The molecule has 0 saturated carbocycles. The van der Waals surface area contributed by atoms with Crippen LogP contribution in [-0.2, 0) is 21.7 Å². The Morgan fingerprint density at radius 3 is 0.851 bits per heavy atom. The van der Waals surface area contributed by atoms with Crippen molar-refractivity contribution >= 4 is 67.2 Å². The van der Waals surface area contributed by atoms with E-state index in [1.54, 1.807) is 38.1 Å². The van der Waals surface area contributed by atoms with Gasteiger partial charge in [-0.3, -0.25) is 29.0 Å². The van der Waals surface area contributed by atoms with E-state index in [-0.39, 0.29) is 43.9 Å². The summed E-state index contributed by atoms with van der Waals surface area (Å²) in [6, 6.07) is 36.6. The van der Waals surface area contributed by atoms with Crippen LogP contribution in [0, 0.1) is 0 Å². The molecule has 8 heteroatoms. The van der Waals surface area contributed by atoms with Crippen molar-refractivity contribution in [2.24, 2.45) is 0 Å². The Kier molecular flexibility index (Phi) is 9.28. The van der Waals surface area contributed by atoms with Crippen LogP contribution in [0.2, 0.25) is 0 Å². The molecule has 67 heavy (non-hydrogen) atoms. The van der Waals surface area contributed by atoms with Crippen molar-refractivity contribution in [3.05, 3.63) is 154 Å². The maximum Gasteiger partial charge on any atom is 0.265 e. The number of imide groups is 2. The zero-order valence-electron chi connectivity index (χ0n) is 41.3. The van der Waals surface area contributed by atoms with Crippen LogP contribution in [0.25, 0.3) is 55.0 Å². The SMILES string of the molecule is CC(C)(C)c1ccc2c(c1)c1cc(C(C)(C)C)ccc1n2-c1cccc2c1C(=O)N(C(C)(C)N1C(=O)c3cccc(-n4c5ccc(C(C)(C)C)cc5c5cc(C(C)(C)C)ccc54)c3C1=O)C2=O. The van der Waals surface area contributed by atoms with E-state index in [1.165, 1.54) is 22.3 Å². The molecule has 0 unspecified atom stereocenters. The monoisotopic (exact) mass is 888 g/mol. The van der Waals surface area contributed by atoms with Gasteiger partial charge in [0.25, 0.3) is 23.6 Å². The molecule has 0 atom stereocenters. The highest BCUT2D eigenvalue weighted by atomic mass is 16.2. The number of carbonyl (C=O) groups is 4. The second-order valence-electron chi connectivity index (χ2n) is 23.4. The van der Waals surface area contributed by atoms with Crippen molar-refractivity contribution in [2.75, 3.05) is 0 Å². The lowest BCUT2D eigenvalue weighted by Crippen LogP contribution is -2.60. The first-order valence-electron chi connectivity index (χ1n) is 23.4. The lowest BCUT2D eigenvalue weighted by molar-refractivity contribution is 0.00433. The van der Waals surface area contributed by atoms with Crippen molar-refractivity contribution in [1.29, 1.82) is 0 Å². The van der Waals surface area contributed by atoms with Crippen molar-refractivity contribution in [1.82, 2.24) is 18.9 Å². The molecular formula is C59H60N4O4. The molecule has 4 heterocycles. The van der Waals surface area contributed by atoms with Gasteiger partial charge in [0.2, 0.25) is 0 Å². The number of benzene rings is 6. The first-order valence-corrected chi connectivity index (χ1v) is 23.4. The van der Waals surface area contributed by atoms with Gasteiger partial charge < -0.3 is 9.13 Å². The van der Waals surface area contributed by atoms with E-state index in [0.717, 1.165) is 53.4 Å². The van der Waals surface area contributed by atoms with Gasteiger partial charge >= 0.3 is 0 Å².